The minimum atomic E-state index is -0.552. The van der Waals surface area contributed by atoms with Gasteiger partial charge in [0.2, 0.25) is 0 Å². The second-order valence-electron chi connectivity index (χ2n) is 4.14. The number of rotatable bonds is 3. The van der Waals surface area contributed by atoms with Crippen molar-refractivity contribution in [1.82, 2.24) is 4.98 Å². The topological polar surface area (TPSA) is 103 Å². The van der Waals surface area contributed by atoms with Crippen molar-refractivity contribution >= 4 is 17.4 Å². The van der Waals surface area contributed by atoms with Crippen LogP contribution in [0.15, 0.2) is 12.3 Å². The Hall–Kier alpha value is -1.82. The van der Waals surface area contributed by atoms with Gasteiger partial charge in [0.05, 0.1) is 29.6 Å². The van der Waals surface area contributed by atoms with E-state index in [2.05, 4.69) is 10.3 Å². The first-order chi connectivity index (χ1) is 8.08. The minimum absolute atomic E-state index is 0.131. The van der Waals surface area contributed by atoms with Crippen LogP contribution >= 0.6 is 0 Å². The predicted molar refractivity (Wildman–Crippen MR) is 64.6 cm³/mol. The Morgan fingerprint density at radius 3 is 3.00 bits per heavy atom. The van der Waals surface area contributed by atoms with Gasteiger partial charge in [-0.05, 0) is 19.4 Å². The fourth-order valence-electron chi connectivity index (χ4n) is 1.87. The van der Waals surface area contributed by atoms with E-state index in [-0.39, 0.29) is 17.7 Å². The van der Waals surface area contributed by atoms with Crippen LogP contribution in [0.25, 0.3) is 0 Å². The number of ether oxygens (including phenoxy) is 1. The molecule has 0 aliphatic carbocycles. The van der Waals surface area contributed by atoms with E-state index < -0.39 is 5.91 Å². The number of anilines is 2. The normalized spacial score (nSPS) is 23.6. The largest absolute Gasteiger partial charge is 0.397 e. The summed E-state index contributed by atoms with van der Waals surface area (Å²) in [6, 6.07) is 1.77. The highest BCUT2D eigenvalue weighted by Crippen LogP contribution is 2.20. The van der Waals surface area contributed by atoms with E-state index in [4.69, 9.17) is 16.2 Å². The van der Waals surface area contributed by atoms with Gasteiger partial charge in [0, 0.05) is 6.61 Å². The summed E-state index contributed by atoms with van der Waals surface area (Å²) in [6.07, 6.45) is 2.48. The summed E-state index contributed by atoms with van der Waals surface area (Å²) in [5, 5.41) is 3.21. The highest BCUT2D eigenvalue weighted by atomic mass is 16.5. The van der Waals surface area contributed by atoms with Crippen molar-refractivity contribution in [2.45, 2.75) is 25.5 Å². The summed E-state index contributed by atoms with van der Waals surface area (Å²) in [4.78, 5) is 15.3. The summed E-state index contributed by atoms with van der Waals surface area (Å²) in [6.45, 7) is 2.73. The van der Waals surface area contributed by atoms with Crippen molar-refractivity contribution in [2.75, 3.05) is 17.7 Å². The molecule has 2 unspecified atom stereocenters. The van der Waals surface area contributed by atoms with Crippen LogP contribution in [0.4, 0.5) is 11.5 Å². The van der Waals surface area contributed by atoms with Gasteiger partial charge in [-0.1, -0.05) is 0 Å². The quantitative estimate of drug-likeness (QED) is 0.702. The number of hydrogen-bond acceptors (Lipinski definition) is 5. The molecular weight excluding hydrogens is 220 g/mol. The molecule has 0 saturated carbocycles. The molecule has 2 atom stereocenters. The number of nitrogens with one attached hydrogen (secondary N) is 1. The molecule has 0 spiro atoms. The third-order valence-electron chi connectivity index (χ3n) is 2.91. The van der Waals surface area contributed by atoms with E-state index in [1.54, 1.807) is 6.07 Å². The number of amides is 1. The lowest BCUT2D eigenvalue weighted by molar-refractivity contribution is 0.100. The number of pyridine rings is 1. The Balaban J connectivity index is 2.16. The second-order valence-corrected chi connectivity index (χ2v) is 4.14. The molecule has 1 aliphatic rings. The zero-order chi connectivity index (χ0) is 12.4. The first-order valence-electron chi connectivity index (χ1n) is 5.51. The maximum absolute atomic E-state index is 11.1. The zero-order valence-electron chi connectivity index (χ0n) is 9.64. The average Bonchev–Trinajstić information content (AvgIpc) is 2.67. The number of nitrogens with two attached hydrogens (primary N) is 2. The molecule has 1 amide bonds. The number of hydrogen-bond donors (Lipinski definition) is 3. The van der Waals surface area contributed by atoms with Crippen molar-refractivity contribution in [3.05, 3.63) is 17.8 Å². The summed E-state index contributed by atoms with van der Waals surface area (Å²) in [7, 11) is 0. The molecule has 1 fully saturated rings. The fraction of sp³-hybridized carbons (Fsp3) is 0.455. The van der Waals surface area contributed by atoms with Crippen LogP contribution < -0.4 is 16.8 Å². The van der Waals surface area contributed by atoms with Gasteiger partial charge in [-0.3, -0.25) is 4.79 Å². The van der Waals surface area contributed by atoms with E-state index in [1.807, 2.05) is 6.92 Å². The Morgan fingerprint density at radius 2 is 2.41 bits per heavy atom. The van der Waals surface area contributed by atoms with E-state index >= 15 is 0 Å². The molecule has 2 rings (SSSR count). The predicted octanol–water partition coefficient (Wildman–Crippen LogP) is 0.352. The van der Waals surface area contributed by atoms with Crippen LogP contribution in [-0.4, -0.2) is 29.6 Å². The summed E-state index contributed by atoms with van der Waals surface area (Å²) in [5.74, 6) is 0.0408. The van der Waals surface area contributed by atoms with Gasteiger partial charge in [-0.2, -0.15) is 0 Å². The Kier molecular flexibility index (Phi) is 3.14. The first-order valence-corrected chi connectivity index (χ1v) is 5.51. The van der Waals surface area contributed by atoms with Crippen molar-refractivity contribution in [3.8, 4) is 0 Å². The maximum Gasteiger partial charge on any atom is 0.250 e. The van der Waals surface area contributed by atoms with Gasteiger partial charge in [0.1, 0.15) is 5.82 Å². The Bertz CT molecular complexity index is 435. The van der Waals surface area contributed by atoms with Crippen molar-refractivity contribution in [3.63, 3.8) is 0 Å². The van der Waals surface area contributed by atoms with Gasteiger partial charge >= 0.3 is 0 Å². The number of nitrogen functional groups attached to an aromatic ring is 1. The highest BCUT2D eigenvalue weighted by Gasteiger charge is 2.24. The van der Waals surface area contributed by atoms with Gasteiger partial charge in [0.25, 0.3) is 5.91 Å². The van der Waals surface area contributed by atoms with E-state index in [0.717, 1.165) is 13.0 Å². The van der Waals surface area contributed by atoms with Crippen molar-refractivity contribution < 1.29 is 9.53 Å². The molecule has 17 heavy (non-hydrogen) atoms. The fourth-order valence-corrected chi connectivity index (χ4v) is 1.87. The SMILES string of the molecule is CC1OCCC1Nc1cc(C(N)=O)c(N)cn1. The lowest BCUT2D eigenvalue weighted by atomic mass is 10.1. The van der Waals surface area contributed by atoms with Crippen LogP contribution in [0.5, 0.6) is 0 Å². The molecule has 0 radical (unpaired) electrons. The number of primary amides is 1. The monoisotopic (exact) mass is 236 g/mol. The lowest BCUT2D eigenvalue weighted by Gasteiger charge is -2.17. The van der Waals surface area contributed by atoms with E-state index in [9.17, 15) is 4.79 Å². The smallest absolute Gasteiger partial charge is 0.250 e. The lowest BCUT2D eigenvalue weighted by Crippen LogP contribution is -2.27. The molecule has 0 bridgehead atoms. The number of nitrogens with zero attached hydrogens (tertiary/aromatic N) is 1. The molecule has 1 aromatic rings. The Morgan fingerprint density at radius 1 is 1.65 bits per heavy atom. The standard InChI is InChI=1S/C11H16N4O2/c1-6-9(2-3-17-6)15-10-4-7(11(13)16)8(12)5-14-10/h4-6,9H,2-3,12H2,1H3,(H2,13,16)(H,14,15). The second kappa shape index (κ2) is 4.58. The third kappa shape index (κ3) is 2.47. The van der Waals surface area contributed by atoms with Gasteiger partial charge in [-0.25, -0.2) is 4.98 Å². The summed E-state index contributed by atoms with van der Waals surface area (Å²) >= 11 is 0. The highest BCUT2D eigenvalue weighted by molar-refractivity contribution is 5.98. The maximum atomic E-state index is 11.1. The molecule has 2 heterocycles. The van der Waals surface area contributed by atoms with Gasteiger partial charge < -0.3 is 21.5 Å². The summed E-state index contributed by atoms with van der Waals surface area (Å²) < 4.78 is 5.43. The van der Waals surface area contributed by atoms with Gasteiger partial charge in [-0.15, -0.1) is 0 Å². The molecule has 1 saturated heterocycles. The molecule has 1 aromatic heterocycles. The van der Waals surface area contributed by atoms with Crippen LogP contribution in [0, 0.1) is 0 Å². The first kappa shape index (κ1) is 11.7. The minimum Gasteiger partial charge on any atom is -0.397 e. The zero-order valence-corrected chi connectivity index (χ0v) is 9.64. The molecule has 5 N–H and O–H groups in total. The van der Waals surface area contributed by atoms with Crippen LogP contribution in [0.2, 0.25) is 0 Å². The van der Waals surface area contributed by atoms with E-state index in [0.29, 0.717) is 11.5 Å². The molecule has 6 nitrogen and oxygen atoms in total. The Labute approximate surface area is 99.3 Å². The van der Waals surface area contributed by atoms with Crippen LogP contribution in [0.3, 0.4) is 0 Å². The molecule has 6 heteroatoms. The van der Waals surface area contributed by atoms with Crippen molar-refractivity contribution in [2.24, 2.45) is 5.73 Å². The van der Waals surface area contributed by atoms with Crippen molar-refractivity contribution in [1.29, 1.82) is 0 Å². The van der Waals surface area contributed by atoms with Crippen LogP contribution in [-0.2, 0) is 4.74 Å². The number of carbonyl (C=O) groups is 1. The average molecular weight is 236 g/mol. The van der Waals surface area contributed by atoms with E-state index in [1.165, 1.54) is 6.20 Å². The van der Waals surface area contributed by atoms with Gasteiger partial charge in [0.15, 0.2) is 0 Å². The number of aromatic nitrogens is 1. The third-order valence-corrected chi connectivity index (χ3v) is 2.91. The molecule has 92 valence electrons. The molecule has 0 aromatic carbocycles. The number of carbonyl (C=O) groups excluding carboxylic acids is 1. The van der Waals surface area contributed by atoms with Crippen LogP contribution in [0.1, 0.15) is 23.7 Å². The molecule has 1 aliphatic heterocycles. The summed E-state index contributed by atoms with van der Waals surface area (Å²) in [5.41, 5.74) is 11.4. The molecular formula is C11H16N4O2.